The normalized spacial score (nSPS) is 13.5. The molecule has 138 valence electrons. The molecule has 1 rings (SSSR count). The molecule has 2 atom stereocenters. The number of likely N-dealkylation sites (N-methyl/N-ethyl adjacent to an activating group) is 1. The molecule has 1 aromatic carbocycles. The minimum atomic E-state index is -3.93. The number of rotatable bonds is 8. The first-order valence-corrected chi connectivity index (χ1v) is 10.1. The molecule has 0 aliphatic heterocycles. The fourth-order valence-corrected chi connectivity index (χ4v) is 4.12. The van der Waals surface area contributed by atoms with E-state index in [4.69, 9.17) is 9.94 Å². The Morgan fingerprint density at radius 3 is 2.48 bits per heavy atom. The second-order valence-electron chi connectivity index (χ2n) is 5.07. The van der Waals surface area contributed by atoms with Gasteiger partial charge in [0, 0.05) is 12.3 Å². The van der Waals surface area contributed by atoms with Crippen LogP contribution < -0.4 is 10.2 Å². The van der Waals surface area contributed by atoms with E-state index in [9.17, 15) is 13.2 Å². The summed E-state index contributed by atoms with van der Waals surface area (Å²) in [5, 5.41) is 8.56. The maximum Gasteiger partial charge on any atom is 0.262 e. The van der Waals surface area contributed by atoms with Crippen LogP contribution in [0.15, 0.2) is 29.2 Å². The van der Waals surface area contributed by atoms with Gasteiger partial charge in [0.1, 0.15) is 18.4 Å². The molecule has 0 aromatic heterocycles. The van der Waals surface area contributed by atoms with Crippen molar-refractivity contribution in [1.29, 1.82) is 0 Å². The molecule has 7 nitrogen and oxygen atoms in total. The summed E-state index contributed by atoms with van der Waals surface area (Å²) in [7, 11) is -2.62. The third-order valence-corrected chi connectivity index (χ3v) is 6.43. The van der Waals surface area contributed by atoms with Crippen molar-refractivity contribution in [2.24, 2.45) is 0 Å². The van der Waals surface area contributed by atoms with E-state index in [1.165, 1.54) is 48.6 Å². The summed E-state index contributed by atoms with van der Waals surface area (Å²) < 4.78 is 31.9. The number of carbonyl (C=O) groups is 1. The molecule has 1 aromatic rings. The molecular weight excluding hydrogens is 364 g/mol. The van der Waals surface area contributed by atoms with Crippen LogP contribution in [0.2, 0.25) is 0 Å². The van der Waals surface area contributed by atoms with Gasteiger partial charge in [-0.1, -0.05) is 12.8 Å². The lowest BCUT2D eigenvalue weighted by molar-refractivity contribution is -0.132. The molecule has 0 saturated carbocycles. The number of ether oxygens (including phenoxy) is 1. The van der Waals surface area contributed by atoms with Crippen LogP contribution in [0.3, 0.4) is 0 Å². The van der Waals surface area contributed by atoms with Gasteiger partial charge in [0.05, 0.1) is 4.90 Å². The van der Waals surface area contributed by atoms with Gasteiger partial charge in [-0.25, -0.2) is 13.9 Å². The minimum absolute atomic E-state index is 0.0213. The zero-order chi connectivity index (χ0) is 19.0. The number of benzene rings is 1. The van der Waals surface area contributed by atoms with Crippen LogP contribution in [-0.4, -0.2) is 55.0 Å². The fraction of sp³-hybridized carbons (Fsp3) is 0.438. The van der Waals surface area contributed by atoms with Crippen molar-refractivity contribution >= 4 is 27.7 Å². The molecule has 2 unspecified atom stereocenters. The Balaban J connectivity index is 3.07. The highest BCUT2D eigenvalue weighted by Crippen LogP contribution is 2.24. The average Bonchev–Trinajstić information content (AvgIpc) is 2.61. The molecule has 0 heterocycles. The Morgan fingerprint density at radius 1 is 1.40 bits per heavy atom. The zero-order valence-corrected chi connectivity index (χ0v) is 16.1. The number of carbonyl (C=O) groups excluding carboxylic acids is 1. The minimum Gasteiger partial charge on any atom is -0.481 e. The second-order valence-corrected chi connectivity index (χ2v) is 8.28. The van der Waals surface area contributed by atoms with E-state index < -0.39 is 22.0 Å². The van der Waals surface area contributed by atoms with E-state index in [2.05, 4.69) is 11.8 Å². The van der Waals surface area contributed by atoms with Crippen molar-refractivity contribution in [3.8, 4) is 17.6 Å². The van der Waals surface area contributed by atoms with Crippen LogP contribution in [0, 0.1) is 11.8 Å². The summed E-state index contributed by atoms with van der Waals surface area (Å²) in [6, 6.07) is 4.80. The first-order valence-electron chi connectivity index (χ1n) is 7.36. The van der Waals surface area contributed by atoms with Gasteiger partial charge in [-0.3, -0.25) is 10.0 Å². The molecule has 9 heteroatoms. The standard InChI is InChI=1S/C16H22N2O5S2/c1-5-6-11-23-13-7-9-14(10-8-13)25(21,22)18(3)15(12(2)24-4)16(19)17-20/h7-10,12,15,20H,11H2,1-4H3,(H,17,19). The third-order valence-electron chi connectivity index (χ3n) is 3.58. The number of amides is 1. The quantitative estimate of drug-likeness (QED) is 0.398. The van der Waals surface area contributed by atoms with Crippen LogP contribution >= 0.6 is 11.8 Å². The lowest BCUT2D eigenvalue weighted by Gasteiger charge is -2.29. The van der Waals surface area contributed by atoms with Crippen LogP contribution in [0.1, 0.15) is 13.8 Å². The van der Waals surface area contributed by atoms with Crippen molar-refractivity contribution in [2.75, 3.05) is 19.9 Å². The summed E-state index contributed by atoms with van der Waals surface area (Å²) in [5.74, 6) is 5.14. The number of hydrogen-bond donors (Lipinski definition) is 2. The highest BCUT2D eigenvalue weighted by Gasteiger charge is 2.36. The molecule has 0 saturated heterocycles. The van der Waals surface area contributed by atoms with E-state index in [0.717, 1.165) is 4.31 Å². The maximum absolute atomic E-state index is 12.8. The van der Waals surface area contributed by atoms with Gasteiger partial charge < -0.3 is 4.74 Å². The Labute approximate surface area is 152 Å². The second kappa shape index (κ2) is 9.68. The van der Waals surface area contributed by atoms with Crippen LogP contribution in [0.5, 0.6) is 5.75 Å². The lowest BCUT2D eigenvalue weighted by atomic mass is 10.2. The molecule has 0 bridgehead atoms. The van der Waals surface area contributed by atoms with Gasteiger partial charge in [-0.15, -0.1) is 5.92 Å². The van der Waals surface area contributed by atoms with E-state index in [0.29, 0.717) is 5.75 Å². The van der Waals surface area contributed by atoms with Crippen molar-refractivity contribution in [1.82, 2.24) is 9.79 Å². The van der Waals surface area contributed by atoms with Crippen LogP contribution in [0.4, 0.5) is 0 Å². The summed E-state index contributed by atoms with van der Waals surface area (Å²) in [6.07, 6.45) is 1.76. The van der Waals surface area contributed by atoms with E-state index >= 15 is 0 Å². The monoisotopic (exact) mass is 386 g/mol. The topological polar surface area (TPSA) is 95.9 Å². The molecule has 0 radical (unpaired) electrons. The molecule has 1 amide bonds. The van der Waals surface area contributed by atoms with Crippen LogP contribution in [0.25, 0.3) is 0 Å². The zero-order valence-electron chi connectivity index (χ0n) is 14.5. The lowest BCUT2D eigenvalue weighted by Crippen LogP contribution is -2.51. The SMILES string of the molecule is CC#CCOc1ccc(S(=O)(=O)N(C)C(C(=O)NO)C(C)SC)cc1. The Kier molecular flexibility index (Phi) is 8.25. The number of nitrogens with one attached hydrogen (secondary N) is 1. The molecule has 0 fully saturated rings. The van der Waals surface area contributed by atoms with Crippen molar-refractivity contribution in [3.05, 3.63) is 24.3 Å². The number of sulfonamides is 1. The Hall–Kier alpha value is -1.73. The van der Waals surface area contributed by atoms with Gasteiger partial charge in [0.25, 0.3) is 5.91 Å². The smallest absolute Gasteiger partial charge is 0.262 e. The van der Waals surface area contributed by atoms with Gasteiger partial charge >= 0.3 is 0 Å². The fourth-order valence-electron chi connectivity index (χ4n) is 2.08. The third kappa shape index (κ3) is 5.37. The number of nitrogens with zero attached hydrogens (tertiary/aromatic N) is 1. The predicted molar refractivity (Wildman–Crippen MR) is 97.0 cm³/mol. The van der Waals surface area contributed by atoms with E-state index in [-0.39, 0.29) is 16.8 Å². The molecule has 0 aliphatic carbocycles. The molecular formula is C16H22N2O5S2. The van der Waals surface area contributed by atoms with Crippen molar-refractivity contribution < 1.29 is 23.2 Å². The number of thioether (sulfide) groups is 1. The van der Waals surface area contributed by atoms with E-state index in [1.807, 2.05) is 0 Å². The Bertz CT molecular complexity index is 738. The highest BCUT2D eigenvalue weighted by molar-refractivity contribution is 7.99. The Morgan fingerprint density at radius 2 is 2.00 bits per heavy atom. The maximum atomic E-state index is 12.8. The largest absolute Gasteiger partial charge is 0.481 e. The average molecular weight is 386 g/mol. The summed E-state index contributed by atoms with van der Waals surface area (Å²) in [4.78, 5) is 11.9. The van der Waals surface area contributed by atoms with Crippen molar-refractivity contribution in [3.63, 3.8) is 0 Å². The van der Waals surface area contributed by atoms with E-state index in [1.54, 1.807) is 20.1 Å². The highest BCUT2D eigenvalue weighted by atomic mass is 32.2. The number of hydroxylamine groups is 1. The molecule has 25 heavy (non-hydrogen) atoms. The molecule has 0 aliphatic rings. The first-order chi connectivity index (χ1) is 11.8. The van der Waals surface area contributed by atoms with Gasteiger partial charge in [0.15, 0.2) is 0 Å². The molecule has 0 spiro atoms. The van der Waals surface area contributed by atoms with Crippen molar-refractivity contribution in [2.45, 2.75) is 30.0 Å². The summed E-state index contributed by atoms with van der Waals surface area (Å²) >= 11 is 1.32. The van der Waals surface area contributed by atoms with Gasteiger partial charge in [0.2, 0.25) is 10.0 Å². The summed E-state index contributed by atoms with van der Waals surface area (Å²) in [5.41, 5.74) is 1.53. The van der Waals surface area contributed by atoms with Gasteiger partial charge in [-0.2, -0.15) is 16.1 Å². The summed E-state index contributed by atoms with van der Waals surface area (Å²) in [6.45, 7) is 3.62. The van der Waals surface area contributed by atoms with Crippen LogP contribution in [-0.2, 0) is 14.8 Å². The van der Waals surface area contributed by atoms with Gasteiger partial charge in [-0.05, 0) is 37.4 Å². The predicted octanol–water partition coefficient (Wildman–Crippen LogP) is 1.33. The molecule has 2 N–H and O–H groups in total. The number of hydrogen-bond acceptors (Lipinski definition) is 6. The first kappa shape index (κ1) is 21.3.